The lowest BCUT2D eigenvalue weighted by atomic mass is 10.3. The van der Waals surface area contributed by atoms with Crippen molar-refractivity contribution in [3.63, 3.8) is 0 Å². The number of aliphatic hydroxyl groups is 1. The van der Waals surface area contributed by atoms with Crippen LogP contribution in [0.2, 0.25) is 0 Å². The van der Waals surface area contributed by atoms with Crippen LogP contribution in [0.1, 0.15) is 13.3 Å². The van der Waals surface area contributed by atoms with Crippen LogP contribution in [-0.4, -0.2) is 24.3 Å². The maximum atomic E-state index is 10.2. The van der Waals surface area contributed by atoms with Gasteiger partial charge in [0.1, 0.15) is 5.78 Å². The molecule has 0 aromatic heterocycles. The maximum absolute atomic E-state index is 10.2. The molecule has 0 aliphatic carbocycles. The lowest BCUT2D eigenvalue weighted by Gasteiger charge is -2.02. The smallest absolute Gasteiger partial charge is 0.161 e. The van der Waals surface area contributed by atoms with Crippen LogP contribution in [0.4, 0.5) is 0 Å². The summed E-state index contributed by atoms with van der Waals surface area (Å²) in [6.07, 6.45) is -0.844. The van der Waals surface area contributed by atoms with Gasteiger partial charge in [0.25, 0.3) is 0 Å². The van der Waals surface area contributed by atoms with Crippen LogP contribution >= 0.6 is 0 Å². The van der Waals surface area contributed by atoms with Gasteiger partial charge in [-0.2, -0.15) is 0 Å². The minimum Gasteiger partial charge on any atom is -0.368 e. The third-order valence-electron chi connectivity index (χ3n) is 0.734. The van der Waals surface area contributed by atoms with Crippen molar-refractivity contribution in [1.82, 2.24) is 0 Å². The highest BCUT2D eigenvalue weighted by molar-refractivity contribution is 5.75. The molecule has 48 valence electrons. The van der Waals surface area contributed by atoms with E-state index < -0.39 is 6.29 Å². The Hall–Kier alpha value is -0.410. The molecule has 8 heavy (non-hydrogen) atoms. The zero-order valence-electron chi connectivity index (χ0n) is 5.05. The lowest BCUT2D eigenvalue weighted by molar-refractivity contribution is -0.129. The summed E-state index contributed by atoms with van der Waals surface area (Å²) < 4.78 is 4.40. The van der Waals surface area contributed by atoms with Crippen molar-refractivity contribution in [3.8, 4) is 0 Å². The fourth-order valence-electron chi connectivity index (χ4n) is 0.329. The van der Waals surface area contributed by atoms with Crippen molar-refractivity contribution in [2.45, 2.75) is 19.6 Å². The molecule has 1 N–H and O–H groups in total. The number of methoxy groups -OCH3 is 1. The van der Waals surface area contributed by atoms with E-state index in [0.29, 0.717) is 0 Å². The summed E-state index contributed by atoms with van der Waals surface area (Å²) in [7, 11) is 1.35. The van der Waals surface area contributed by atoms with E-state index in [1.54, 1.807) is 0 Å². The van der Waals surface area contributed by atoms with E-state index >= 15 is 0 Å². The largest absolute Gasteiger partial charge is 0.368 e. The molecule has 1 unspecified atom stereocenters. The van der Waals surface area contributed by atoms with Crippen LogP contribution in [0.3, 0.4) is 0 Å². The number of ether oxygens (including phenoxy) is 1. The highest BCUT2D eigenvalue weighted by Gasteiger charge is 2.02. The topological polar surface area (TPSA) is 46.5 Å². The van der Waals surface area contributed by atoms with E-state index in [1.165, 1.54) is 14.0 Å². The molecule has 0 aliphatic heterocycles. The van der Waals surface area contributed by atoms with Crippen molar-refractivity contribution in [2.24, 2.45) is 0 Å². The molecule has 0 amide bonds. The second-order valence-electron chi connectivity index (χ2n) is 1.60. The Balaban J connectivity index is 3.24. The summed E-state index contributed by atoms with van der Waals surface area (Å²) in [6.45, 7) is 1.40. The van der Waals surface area contributed by atoms with E-state index in [9.17, 15) is 4.79 Å². The molecule has 0 fully saturated rings. The number of ketones is 1. The minimum atomic E-state index is -0.924. The van der Waals surface area contributed by atoms with Gasteiger partial charge in [-0.25, -0.2) is 0 Å². The first-order chi connectivity index (χ1) is 3.66. The average Bonchev–Trinajstić information content (AvgIpc) is 1.65. The van der Waals surface area contributed by atoms with E-state index in [4.69, 9.17) is 5.11 Å². The predicted molar refractivity (Wildman–Crippen MR) is 28.3 cm³/mol. The van der Waals surface area contributed by atoms with Gasteiger partial charge in [-0.3, -0.25) is 4.79 Å². The number of hydrogen-bond acceptors (Lipinski definition) is 3. The first-order valence-electron chi connectivity index (χ1n) is 2.37. The van der Waals surface area contributed by atoms with Gasteiger partial charge in [-0.1, -0.05) is 0 Å². The number of aliphatic hydroxyl groups excluding tert-OH is 1. The van der Waals surface area contributed by atoms with Crippen molar-refractivity contribution in [2.75, 3.05) is 7.11 Å². The second kappa shape index (κ2) is 3.57. The average molecular weight is 118 g/mol. The van der Waals surface area contributed by atoms with Gasteiger partial charge in [-0.05, 0) is 6.92 Å². The maximum Gasteiger partial charge on any atom is 0.161 e. The van der Waals surface area contributed by atoms with Crippen LogP contribution in [-0.2, 0) is 9.53 Å². The molecule has 0 rings (SSSR count). The Morgan fingerprint density at radius 3 is 2.50 bits per heavy atom. The van der Waals surface area contributed by atoms with Crippen LogP contribution in [0.25, 0.3) is 0 Å². The zero-order valence-corrected chi connectivity index (χ0v) is 5.05. The normalized spacial score (nSPS) is 13.4. The molecule has 0 bridgehead atoms. The van der Waals surface area contributed by atoms with Crippen LogP contribution in [0.15, 0.2) is 0 Å². The Kier molecular flexibility index (Phi) is 3.39. The van der Waals surface area contributed by atoms with Gasteiger partial charge in [0.2, 0.25) is 0 Å². The number of rotatable bonds is 3. The number of Topliss-reactive ketones (excluding diaryl/α,β-unsaturated/α-hetero) is 1. The summed E-state index contributed by atoms with van der Waals surface area (Å²) in [5, 5.41) is 8.59. The van der Waals surface area contributed by atoms with Crippen LogP contribution in [0.5, 0.6) is 0 Å². The molecule has 3 heteroatoms. The Morgan fingerprint density at radius 2 is 2.38 bits per heavy atom. The molecular formula is C5H10O3. The summed E-state index contributed by atoms with van der Waals surface area (Å²) in [6, 6.07) is 0. The SMILES string of the molecule is COC(O)CC(C)=O. The highest BCUT2D eigenvalue weighted by atomic mass is 16.6. The van der Waals surface area contributed by atoms with E-state index in [0.717, 1.165) is 0 Å². The molecule has 0 radical (unpaired) electrons. The van der Waals surface area contributed by atoms with Gasteiger partial charge >= 0.3 is 0 Å². The Bertz CT molecular complexity index is 79.7. The summed E-state index contributed by atoms with van der Waals surface area (Å²) in [5.74, 6) is -0.0700. The third-order valence-corrected chi connectivity index (χ3v) is 0.734. The molecule has 0 saturated heterocycles. The predicted octanol–water partition coefficient (Wildman–Crippen LogP) is -0.0697. The molecule has 3 nitrogen and oxygen atoms in total. The minimum absolute atomic E-state index is 0.0700. The number of hydrogen-bond donors (Lipinski definition) is 1. The zero-order chi connectivity index (χ0) is 6.57. The quantitative estimate of drug-likeness (QED) is 0.528. The van der Waals surface area contributed by atoms with E-state index in [-0.39, 0.29) is 12.2 Å². The van der Waals surface area contributed by atoms with Crippen molar-refractivity contribution in [1.29, 1.82) is 0 Å². The molecule has 0 aromatic carbocycles. The molecule has 1 atom stereocenters. The van der Waals surface area contributed by atoms with Crippen molar-refractivity contribution in [3.05, 3.63) is 0 Å². The Labute approximate surface area is 48.3 Å². The van der Waals surface area contributed by atoms with Crippen LogP contribution < -0.4 is 0 Å². The molecule has 0 heterocycles. The Morgan fingerprint density at radius 1 is 1.88 bits per heavy atom. The third kappa shape index (κ3) is 3.77. The first-order valence-corrected chi connectivity index (χ1v) is 2.37. The monoisotopic (exact) mass is 118 g/mol. The van der Waals surface area contributed by atoms with Crippen molar-refractivity contribution >= 4 is 5.78 Å². The van der Waals surface area contributed by atoms with Gasteiger partial charge in [-0.15, -0.1) is 0 Å². The number of carbonyl (C=O) groups is 1. The van der Waals surface area contributed by atoms with E-state index in [1.807, 2.05) is 0 Å². The van der Waals surface area contributed by atoms with E-state index in [2.05, 4.69) is 4.74 Å². The molecule has 0 aliphatic rings. The fourth-order valence-corrected chi connectivity index (χ4v) is 0.329. The number of carbonyl (C=O) groups excluding carboxylic acids is 1. The van der Waals surface area contributed by atoms with Gasteiger partial charge < -0.3 is 9.84 Å². The molecule has 0 spiro atoms. The summed E-state index contributed by atoms with van der Waals surface area (Å²) in [4.78, 5) is 10.2. The second-order valence-corrected chi connectivity index (χ2v) is 1.60. The highest BCUT2D eigenvalue weighted by Crippen LogP contribution is 1.90. The van der Waals surface area contributed by atoms with Gasteiger partial charge in [0.15, 0.2) is 6.29 Å². The lowest BCUT2D eigenvalue weighted by Crippen LogP contribution is -2.12. The van der Waals surface area contributed by atoms with Crippen LogP contribution in [0, 0.1) is 0 Å². The standard InChI is InChI=1S/C5H10O3/c1-4(6)3-5(7)8-2/h5,7H,3H2,1-2H3. The van der Waals surface area contributed by atoms with Gasteiger partial charge in [0.05, 0.1) is 6.42 Å². The summed E-state index contributed by atoms with van der Waals surface area (Å²) in [5.41, 5.74) is 0. The summed E-state index contributed by atoms with van der Waals surface area (Å²) >= 11 is 0. The fraction of sp³-hybridized carbons (Fsp3) is 0.800. The van der Waals surface area contributed by atoms with Gasteiger partial charge in [0, 0.05) is 7.11 Å². The van der Waals surface area contributed by atoms with Crippen molar-refractivity contribution < 1.29 is 14.6 Å². The molecular weight excluding hydrogens is 108 g/mol. The first kappa shape index (κ1) is 7.59. The molecule has 0 saturated carbocycles. The molecule has 0 aromatic rings.